The summed E-state index contributed by atoms with van der Waals surface area (Å²) in [5, 5.41) is 3.18. The predicted molar refractivity (Wildman–Crippen MR) is 69.7 cm³/mol. The lowest BCUT2D eigenvalue weighted by atomic mass is 10.1. The Morgan fingerprint density at radius 3 is 2.59 bits per heavy atom. The van der Waals surface area contributed by atoms with Gasteiger partial charge in [0.05, 0.1) is 0 Å². The summed E-state index contributed by atoms with van der Waals surface area (Å²) < 4.78 is 0. The molecule has 3 N–H and O–H groups in total. The fraction of sp³-hybridized carbons (Fsp3) is 0.231. The molecule has 4 heteroatoms. The van der Waals surface area contributed by atoms with Crippen LogP contribution in [0.25, 0.3) is 0 Å². The van der Waals surface area contributed by atoms with Crippen LogP contribution in [0.4, 0.5) is 11.6 Å². The number of nitrogens with zero attached hydrogens (tertiary/aromatic N) is 2. The van der Waals surface area contributed by atoms with Gasteiger partial charge in [0, 0.05) is 24.6 Å². The summed E-state index contributed by atoms with van der Waals surface area (Å²) in [6.07, 6.45) is 3.59. The van der Waals surface area contributed by atoms with Crippen molar-refractivity contribution in [3.8, 4) is 0 Å². The van der Waals surface area contributed by atoms with Gasteiger partial charge in [0.25, 0.3) is 0 Å². The molecule has 0 radical (unpaired) electrons. The van der Waals surface area contributed by atoms with E-state index in [1.807, 2.05) is 32.0 Å². The third-order valence-corrected chi connectivity index (χ3v) is 2.71. The van der Waals surface area contributed by atoms with Gasteiger partial charge in [-0.1, -0.05) is 12.1 Å². The SMILES string of the molecule is Cc1cnc(NCc2cccc(N)c2C)nc1. The number of aromatic nitrogens is 2. The van der Waals surface area contributed by atoms with Gasteiger partial charge < -0.3 is 11.1 Å². The second kappa shape index (κ2) is 4.82. The van der Waals surface area contributed by atoms with Gasteiger partial charge in [-0.3, -0.25) is 0 Å². The highest BCUT2D eigenvalue weighted by Gasteiger charge is 2.01. The molecule has 0 spiro atoms. The van der Waals surface area contributed by atoms with Gasteiger partial charge in [0.15, 0.2) is 0 Å². The van der Waals surface area contributed by atoms with Crippen LogP contribution >= 0.6 is 0 Å². The number of nitrogens with one attached hydrogen (secondary N) is 1. The zero-order chi connectivity index (χ0) is 12.3. The zero-order valence-corrected chi connectivity index (χ0v) is 10.1. The van der Waals surface area contributed by atoms with Crippen molar-refractivity contribution in [2.24, 2.45) is 0 Å². The molecule has 0 saturated carbocycles. The molecule has 17 heavy (non-hydrogen) atoms. The average molecular weight is 228 g/mol. The largest absolute Gasteiger partial charge is 0.399 e. The van der Waals surface area contributed by atoms with E-state index in [2.05, 4.69) is 15.3 Å². The summed E-state index contributed by atoms with van der Waals surface area (Å²) in [5.74, 6) is 0.637. The smallest absolute Gasteiger partial charge is 0.222 e. The number of hydrogen-bond acceptors (Lipinski definition) is 4. The molecule has 2 rings (SSSR count). The fourth-order valence-electron chi connectivity index (χ4n) is 1.55. The number of anilines is 2. The Kier molecular flexibility index (Phi) is 3.23. The Labute approximate surface area is 101 Å². The molecule has 1 aromatic heterocycles. The first kappa shape index (κ1) is 11.4. The molecule has 4 nitrogen and oxygen atoms in total. The molecule has 1 heterocycles. The summed E-state index contributed by atoms with van der Waals surface area (Å²) in [6.45, 7) is 4.66. The molecule has 0 aliphatic carbocycles. The second-order valence-electron chi connectivity index (χ2n) is 4.07. The first-order valence-electron chi connectivity index (χ1n) is 5.53. The zero-order valence-electron chi connectivity index (χ0n) is 10.1. The molecule has 2 aromatic rings. The first-order chi connectivity index (χ1) is 8.16. The second-order valence-corrected chi connectivity index (χ2v) is 4.07. The number of aryl methyl sites for hydroxylation is 1. The average Bonchev–Trinajstić information content (AvgIpc) is 2.33. The van der Waals surface area contributed by atoms with Crippen LogP contribution in [0.5, 0.6) is 0 Å². The standard InChI is InChI=1S/C13H16N4/c1-9-6-15-13(16-7-9)17-8-11-4-3-5-12(14)10(11)2/h3-7H,8,14H2,1-2H3,(H,15,16,17). The minimum atomic E-state index is 0.637. The van der Waals surface area contributed by atoms with Crippen molar-refractivity contribution in [1.29, 1.82) is 0 Å². The van der Waals surface area contributed by atoms with Crippen molar-refractivity contribution in [2.75, 3.05) is 11.1 Å². The molecular weight excluding hydrogens is 212 g/mol. The van der Waals surface area contributed by atoms with Crippen LogP contribution in [0.2, 0.25) is 0 Å². The summed E-state index contributed by atoms with van der Waals surface area (Å²) in [7, 11) is 0. The maximum absolute atomic E-state index is 5.85. The van der Waals surface area contributed by atoms with E-state index in [0.717, 1.165) is 22.4 Å². The van der Waals surface area contributed by atoms with Crippen molar-refractivity contribution >= 4 is 11.6 Å². The molecule has 0 amide bonds. The lowest BCUT2D eigenvalue weighted by Crippen LogP contribution is -2.05. The summed E-state index contributed by atoms with van der Waals surface area (Å²) in [6, 6.07) is 5.91. The molecule has 0 aliphatic rings. The molecule has 0 aliphatic heterocycles. The lowest BCUT2D eigenvalue weighted by Gasteiger charge is -2.09. The Morgan fingerprint density at radius 2 is 1.88 bits per heavy atom. The number of hydrogen-bond donors (Lipinski definition) is 2. The van der Waals surface area contributed by atoms with Crippen LogP contribution in [0, 0.1) is 13.8 Å². The molecule has 0 fully saturated rings. The van der Waals surface area contributed by atoms with Crippen molar-refractivity contribution in [1.82, 2.24) is 9.97 Å². The number of nitrogen functional groups attached to an aromatic ring is 1. The monoisotopic (exact) mass is 228 g/mol. The van der Waals surface area contributed by atoms with E-state index in [1.165, 1.54) is 0 Å². The molecule has 88 valence electrons. The number of nitrogens with two attached hydrogens (primary N) is 1. The topological polar surface area (TPSA) is 63.8 Å². The van der Waals surface area contributed by atoms with Crippen LogP contribution in [-0.4, -0.2) is 9.97 Å². The van der Waals surface area contributed by atoms with Crippen molar-refractivity contribution < 1.29 is 0 Å². The van der Waals surface area contributed by atoms with Crippen LogP contribution < -0.4 is 11.1 Å². The Morgan fingerprint density at radius 1 is 1.18 bits per heavy atom. The maximum Gasteiger partial charge on any atom is 0.222 e. The van der Waals surface area contributed by atoms with Gasteiger partial charge in [0.2, 0.25) is 5.95 Å². The third-order valence-electron chi connectivity index (χ3n) is 2.71. The first-order valence-corrected chi connectivity index (χ1v) is 5.53. The normalized spacial score (nSPS) is 10.2. The van der Waals surface area contributed by atoms with Gasteiger partial charge in [-0.2, -0.15) is 0 Å². The molecule has 0 saturated heterocycles. The van der Waals surface area contributed by atoms with Crippen molar-refractivity contribution in [3.63, 3.8) is 0 Å². The lowest BCUT2D eigenvalue weighted by molar-refractivity contribution is 1.03. The Hall–Kier alpha value is -2.10. The summed E-state index contributed by atoms with van der Waals surface area (Å²) >= 11 is 0. The van der Waals surface area contributed by atoms with E-state index >= 15 is 0 Å². The Balaban J connectivity index is 2.07. The summed E-state index contributed by atoms with van der Waals surface area (Å²) in [4.78, 5) is 8.38. The quantitative estimate of drug-likeness (QED) is 0.791. The van der Waals surface area contributed by atoms with E-state index in [-0.39, 0.29) is 0 Å². The van der Waals surface area contributed by atoms with Gasteiger partial charge >= 0.3 is 0 Å². The van der Waals surface area contributed by atoms with Crippen molar-refractivity contribution in [2.45, 2.75) is 20.4 Å². The van der Waals surface area contributed by atoms with Crippen LogP contribution in [0.3, 0.4) is 0 Å². The summed E-state index contributed by atoms with van der Waals surface area (Å²) in [5.41, 5.74) is 9.98. The molecule has 1 aromatic carbocycles. The highest BCUT2D eigenvalue weighted by Crippen LogP contribution is 2.16. The Bertz CT molecular complexity index is 505. The van der Waals surface area contributed by atoms with Gasteiger partial charge in [-0.15, -0.1) is 0 Å². The van der Waals surface area contributed by atoms with E-state index in [9.17, 15) is 0 Å². The van der Waals surface area contributed by atoms with E-state index in [1.54, 1.807) is 12.4 Å². The predicted octanol–water partition coefficient (Wildman–Crippen LogP) is 2.29. The number of rotatable bonds is 3. The van der Waals surface area contributed by atoms with Gasteiger partial charge in [-0.05, 0) is 36.6 Å². The number of benzene rings is 1. The van der Waals surface area contributed by atoms with E-state index in [4.69, 9.17) is 5.73 Å². The van der Waals surface area contributed by atoms with Gasteiger partial charge in [-0.25, -0.2) is 9.97 Å². The van der Waals surface area contributed by atoms with E-state index in [0.29, 0.717) is 12.5 Å². The minimum absolute atomic E-state index is 0.637. The molecular formula is C13H16N4. The highest BCUT2D eigenvalue weighted by atomic mass is 15.1. The third kappa shape index (κ3) is 2.72. The minimum Gasteiger partial charge on any atom is -0.399 e. The van der Waals surface area contributed by atoms with Gasteiger partial charge in [0.1, 0.15) is 0 Å². The maximum atomic E-state index is 5.85. The highest BCUT2D eigenvalue weighted by molar-refractivity contribution is 5.50. The molecule has 0 atom stereocenters. The van der Waals surface area contributed by atoms with E-state index < -0.39 is 0 Å². The van der Waals surface area contributed by atoms with Crippen LogP contribution in [0.1, 0.15) is 16.7 Å². The van der Waals surface area contributed by atoms with Crippen LogP contribution in [-0.2, 0) is 6.54 Å². The molecule has 0 bridgehead atoms. The van der Waals surface area contributed by atoms with Crippen molar-refractivity contribution in [3.05, 3.63) is 47.3 Å². The van der Waals surface area contributed by atoms with Crippen LogP contribution in [0.15, 0.2) is 30.6 Å². The fourth-order valence-corrected chi connectivity index (χ4v) is 1.55. The molecule has 0 unspecified atom stereocenters.